The zero-order valence-electron chi connectivity index (χ0n) is 9.81. The average molecular weight is 270 g/mol. The van der Waals surface area contributed by atoms with Gasteiger partial charge in [0.25, 0.3) is 0 Å². The van der Waals surface area contributed by atoms with Gasteiger partial charge in [-0.25, -0.2) is 0 Å². The Labute approximate surface area is 114 Å². The first kappa shape index (κ1) is 11.7. The van der Waals surface area contributed by atoms with E-state index >= 15 is 0 Å². The number of fused-ring (bicyclic) bond motifs is 1. The number of aromatic hydroxyl groups is 1. The van der Waals surface area contributed by atoms with Crippen LogP contribution in [-0.4, -0.2) is 20.9 Å². The fourth-order valence-electron chi connectivity index (χ4n) is 2.06. The summed E-state index contributed by atoms with van der Waals surface area (Å²) in [7, 11) is 0. The molecule has 2 aromatic rings. The first-order valence-electron chi connectivity index (χ1n) is 5.70. The summed E-state index contributed by atoms with van der Waals surface area (Å²) in [4.78, 5) is 17.4. The van der Waals surface area contributed by atoms with Crippen LogP contribution >= 0.6 is 12.2 Å². The summed E-state index contributed by atoms with van der Waals surface area (Å²) in [6, 6.07) is 7.60. The average Bonchev–Trinajstić information content (AvgIpc) is 2.71. The zero-order chi connectivity index (χ0) is 13.4. The molecule has 1 heterocycles. The lowest BCUT2D eigenvalue weighted by atomic mass is 9.91. The number of nitrogens with one attached hydrogen (secondary N) is 2. The van der Waals surface area contributed by atoms with Crippen molar-refractivity contribution in [2.75, 3.05) is 0 Å². The number of imidazole rings is 1. The Kier molecular flexibility index (Phi) is 2.68. The number of H-pyrrole nitrogens is 2. The second-order valence-electron chi connectivity index (χ2n) is 4.18. The van der Waals surface area contributed by atoms with Crippen LogP contribution in [0.15, 0.2) is 30.3 Å². The predicted molar refractivity (Wildman–Crippen MR) is 76.0 cm³/mol. The minimum Gasteiger partial charge on any atom is -0.493 e. The van der Waals surface area contributed by atoms with Crippen molar-refractivity contribution in [1.82, 2.24) is 9.97 Å². The molecule has 1 aromatic carbocycles. The molecule has 19 heavy (non-hydrogen) atoms. The molecule has 1 aromatic heterocycles. The first-order valence-corrected chi connectivity index (χ1v) is 6.11. The highest BCUT2D eigenvalue weighted by Gasteiger charge is 2.17. The smallest absolute Gasteiger partial charge is 0.215 e. The monoisotopic (exact) mass is 270 g/mol. The number of rotatable bonds is 1. The highest BCUT2D eigenvalue weighted by atomic mass is 32.1. The maximum atomic E-state index is 12.0. The van der Waals surface area contributed by atoms with Gasteiger partial charge in [-0.2, -0.15) is 0 Å². The molecule has 0 spiro atoms. The van der Waals surface area contributed by atoms with Crippen molar-refractivity contribution in [1.29, 1.82) is 0 Å². The number of aromatic nitrogens is 2. The van der Waals surface area contributed by atoms with E-state index in [4.69, 9.17) is 12.2 Å². The van der Waals surface area contributed by atoms with Crippen molar-refractivity contribution in [3.05, 3.63) is 51.9 Å². The molecular formula is C14H10N2O2S. The highest BCUT2D eigenvalue weighted by Crippen LogP contribution is 2.29. The summed E-state index contributed by atoms with van der Waals surface area (Å²) in [5.41, 5.74) is 2.74. The van der Waals surface area contributed by atoms with Crippen molar-refractivity contribution < 1.29 is 9.90 Å². The predicted octanol–water partition coefficient (Wildman–Crippen LogP) is 2.91. The van der Waals surface area contributed by atoms with Crippen LogP contribution in [0.4, 0.5) is 0 Å². The molecule has 0 bridgehead atoms. The number of carbonyl (C=O) groups is 1. The molecule has 0 fully saturated rings. The number of hydrogen-bond acceptors (Lipinski definition) is 3. The van der Waals surface area contributed by atoms with Gasteiger partial charge in [-0.05, 0) is 35.5 Å². The number of benzene rings is 1. The molecule has 94 valence electrons. The number of carbonyl (C=O) groups excluding carboxylic acids is 1. The van der Waals surface area contributed by atoms with Crippen LogP contribution in [0.3, 0.4) is 0 Å². The van der Waals surface area contributed by atoms with E-state index in [2.05, 4.69) is 9.97 Å². The standard InChI is InChI=1S/C14H10N2O2S/c17-12-6-5-8-3-1-2-4-9(8)10(12)7-11-13(18)16-14(19)15-11/h1-7,18H,(H2,15,16,19)/b10-7+. The van der Waals surface area contributed by atoms with Gasteiger partial charge in [0, 0.05) is 5.57 Å². The number of hydrogen-bond donors (Lipinski definition) is 3. The molecule has 5 heteroatoms. The number of ketones is 1. The van der Waals surface area contributed by atoms with Gasteiger partial charge in [0.15, 0.2) is 10.6 Å². The molecule has 0 amide bonds. The van der Waals surface area contributed by atoms with Crippen molar-refractivity contribution in [2.24, 2.45) is 0 Å². The van der Waals surface area contributed by atoms with Crippen molar-refractivity contribution in [3.63, 3.8) is 0 Å². The normalized spacial score (nSPS) is 15.8. The summed E-state index contributed by atoms with van der Waals surface area (Å²) < 4.78 is 0.316. The van der Waals surface area contributed by atoms with Crippen LogP contribution in [0.1, 0.15) is 16.8 Å². The molecule has 1 aliphatic carbocycles. The van der Waals surface area contributed by atoms with Crippen LogP contribution in [0.25, 0.3) is 17.7 Å². The summed E-state index contributed by atoms with van der Waals surface area (Å²) in [6.07, 6.45) is 4.91. The van der Waals surface area contributed by atoms with Gasteiger partial charge in [0.2, 0.25) is 5.88 Å². The quantitative estimate of drug-likeness (QED) is 0.551. The van der Waals surface area contributed by atoms with Crippen LogP contribution < -0.4 is 0 Å². The third-order valence-electron chi connectivity index (χ3n) is 2.95. The fraction of sp³-hybridized carbons (Fsp3) is 0. The molecule has 4 nitrogen and oxygen atoms in total. The number of allylic oxidation sites excluding steroid dienone is 2. The van der Waals surface area contributed by atoms with Gasteiger partial charge in [0.1, 0.15) is 5.69 Å². The second kappa shape index (κ2) is 4.37. The molecule has 3 rings (SSSR count). The van der Waals surface area contributed by atoms with Gasteiger partial charge in [0.05, 0.1) is 0 Å². The molecule has 0 radical (unpaired) electrons. The van der Waals surface area contributed by atoms with E-state index in [9.17, 15) is 9.90 Å². The lowest BCUT2D eigenvalue weighted by molar-refractivity contribution is -0.109. The van der Waals surface area contributed by atoms with Gasteiger partial charge < -0.3 is 15.1 Å². The van der Waals surface area contributed by atoms with E-state index in [1.54, 1.807) is 12.2 Å². The van der Waals surface area contributed by atoms with Crippen molar-refractivity contribution in [3.8, 4) is 5.88 Å². The van der Waals surface area contributed by atoms with Crippen molar-refractivity contribution in [2.45, 2.75) is 0 Å². The van der Waals surface area contributed by atoms with Gasteiger partial charge in [-0.15, -0.1) is 0 Å². The first-order chi connectivity index (χ1) is 9.15. The maximum absolute atomic E-state index is 12.0. The molecule has 0 unspecified atom stereocenters. The molecule has 1 aliphatic rings. The van der Waals surface area contributed by atoms with Crippen molar-refractivity contribution >= 4 is 35.7 Å². The Morgan fingerprint density at radius 1 is 1.16 bits per heavy atom. The Bertz CT molecular complexity index is 781. The minimum absolute atomic E-state index is 0.0719. The SMILES string of the molecule is O=C1C=Cc2ccccc2/C1=C\c1[nH]c(=S)[nH]c1O. The molecule has 3 N–H and O–H groups in total. The van der Waals surface area contributed by atoms with E-state index in [0.717, 1.165) is 11.1 Å². The fourth-order valence-corrected chi connectivity index (χ4v) is 2.27. The molecule has 0 saturated carbocycles. The molecule has 0 aliphatic heterocycles. The van der Waals surface area contributed by atoms with E-state index in [1.165, 1.54) is 6.08 Å². The van der Waals surface area contributed by atoms with Crippen LogP contribution in [0, 0.1) is 4.77 Å². The zero-order valence-corrected chi connectivity index (χ0v) is 10.6. The van der Waals surface area contributed by atoms with Crippen LogP contribution in [-0.2, 0) is 4.79 Å². The highest BCUT2D eigenvalue weighted by molar-refractivity contribution is 7.71. The number of aromatic amines is 2. The topological polar surface area (TPSA) is 68.9 Å². The Morgan fingerprint density at radius 2 is 1.95 bits per heavy atom. The van der Waals surface area contributed by atoms with Crippen LogP contribution in [0.5, 0.6) is 5.88 Å². The second-order valence-corrected chi connectivity index (χ2v) is 4.59. The summed E-state index contributed by atoms with van der Waals surface area (Å²) in [5, 5.41) is 9.67. The Hall–Kier alpha value is -2.40. The maximum Gasteiger partial charge on any atom is 0.215 e. The molecular weight excluding hydrogens is 260 g/mol. The third kappa shape index (κ3) is 2.04. The minimum atomic E-state index is -0.0985. The van der Waals surface area contributed by atoms with E-state index < -0.39 is 0 Å². The lowest BCUT2D eigenvalue weighted by Crippen LogP contribution is -2.04. The summed E-state index contributed by atoms with van der Waals surface area (Å²) in [5.74, 6) is -0.170. The Balaban J connectivity index is 2.19. The van der Waals surface area contributed by atoms with Gasteiger partial charge in [-0.1, -0.05) is 30.3 Å². The molecule has 0 saturated heterocycles. The van der Waals surface area contributed by atoms with E-state index in [1.807, 2.05) is 24.3 Å². The third-order valence-corrected chi connectivity index (χ3v) is 3.16. The lowest BCUT2D eigenvalue weighted by Gasteiger charge is -2.12. The Morgan fingerprint density at radius 3 is 2.68 bits per heavy atom. The van der Waals surface area contributed by atoms with Gasteiger partial charge >= 0.3 is 0 Å². The van der Waals surface area contributed by atoms with Gasteiger partial charge in [-0.3, -0.25) is 4.79 Å². The van der Waals surface area contributed by atoms with E-state index in [-0.39, 0.29) is 11.7 Å². The molecule has 0 atom stereocenters. The largest absolute Gasteiger partial charge is 0.493 e. The van der Waals surface area contributed by atoms with E-state index in [0.29, 0.717) is 16.0 Å². The summed E-state index contributed by atoms with van der Waals surface area (Å²) in [6.45, 7) is 0. The van der Waals surface area contributed by atoms with Crippen LogP contribution in [0.2, 0.25) is 0 Å². The summed E-state index contributed by atoms with van der Waals surface area (Å²) >= 11 is 4.90.